The van der Waals surface area contributed by atoms with Crippen molar-refractivity contribution in [2.75, 3.05) is 7.11 Å². The molecule has 0 aliphatic heterocycles. The van der Waals surface area contributed by atoms with E-state index in [0.717, 1.165) is 27.9 Å². The zero-order valence-corrected chi connectivity index (χ0v) is 17.3. The first-order valence-electron chi connectivity index (χ1n) is 9.17. The van der Waals surface area contributed by atoms with Crippen LogP contribution in [-0.4, -0.2) is 18.1 Å². The predicted octanol–water partition coefficient (Wildman–Crippen LogP) is 5.10. The van der Waals surface area contributed by atoms with Crippen LogP contribution in [0, 0.1) is 30.6 Å². The zero-order valence-electron chi connectivity index (χ0n) is 17.3. The van der Waals surface area contributed by atoms with Crippen molar-refractivity contribution in [2.24, 2.45) is 5.41 Å². The lowest BCUT2D eigenvalue weighted by Crippen LogP contribution is -2.19. The van der Waals surface area contributed by atoms with E-state index >= 15 is 0 Å². The number of rotatable bonds is 4. The molecule has 0 N–H and O–H groups in total. The number of methoxy groups -OCH3 is 1. The van der Waals surface area contributed by atoms with Gasteiger partial charge in [-0.25, -0.2) is 0 Å². The highest BCUT2D eigenvalue weighted by molar-refractivity contribution is 5.81. The largest absolute Gasteiger partial charge is 0.469 e. The molecule has 142 valence electrons. The zero-order chi connectivity index (χ0) is 20.4. The molecule has 1 aromatic carbocycles. The summed E-state index contributed by atoms with van der Waals surface area (Å²) in [5.41, 5.74) is 5.79. The van der Waals surface area contributed by atoms with Gasteiger partial charge in [0.05, 0.1) is 30.0 Å². The van der Waals surface area contributed by atoms with E-state index < -0.39 is 5.92 Å². The number of nitriles is 1. The molecule has 1 heterocycles. The third-order valence-corrected chi connectivity index (χ3v) is 4.67. The maximum atomic E-state index is 12.2. The SMILES string of the molecule is COC(=O)C(C)c1nc(CC(C)(C)C)c(C#N)c(-c2ccc(C)cc2)c1C. The molecule has 0 saturated carbocycles. The van der Waals surface area contributed by atoms with E-state index in [9.17, 15) is 10.1 Å². The summed E-state index contributed by atoms with van der Waals surface area (Å²) in [6, 6.07) is 10.5. The fourth-order valence-electron chi connectivity index (χ4n) is 3.29. The van der Waals surface area contributed by atoms with Crippen molar-refractivity contribution in [3.05, 3.63) is 52.3 Å². The quantitative estimate of drug-likeness (QED) is 0.708. The molecule has 0 spiro atoms. The minimum absolute atomic E-state index is 0.0375. The topological polar surface area (TPSA) is 63.0 Å². The van der Waals surface area contributed by atoms with Gasteiger partial charge in [-0.1, -0.05) is 50.6 Å². The van der Waals surface area contributed by atoms with E-state index in [0.29, 0.717) is 17.7 Å². The molecule has 4 nitrogen and oxygen atoms in total. The summed E-state index contributed by atoms with van der Waals surface area (Å²) in [6.07, 6.45) is 0.649. The molecular formula is C23H28N2O2. The standard InChI is InChI=1S/C23H28N2O2/c1-14-8-10-17(11-9-14)20-15(2)21(16(3)22(26)27-7)25-19(18(20)13-24)12-23(4,5)6/h8-11,16H,12H2,1-7H3. The first-order chi connectivity index (χ1) is 12.6. The first kappa shape index (κ1) is 20.6. The number of benzene rings is 1. The van der Waals surface area contributed by atoms with Gasteiger partial charge >= 0.3 is 5.97 Å². The highest BCUT2D eigenvalue weighted by Crippen LogP contribution is 2.35. The van der Waals surface area contributed by atoms with Gasteiger partial charge in [0.1, 0.15) is 6.07 Å². The minimum atomic E-state index is -0.495. The highest BCUT2D eigenvalue weighted by Gasteiger charge is 2.27. The van der Waals surface area contributed by atoms with E-state index in [2.05, 4.69) is 26.8 Å². The van der Waals surface area contributed by atoms with Crippen LogP contribution in [0.4, 0.5) is 0 Å². The van der Waals surface area contributed by atoms with Crippen LogP contribution in [0.3, 0.4) is 0 Å². The van der Waals surface area contributed by atoms with Crippen LogP contribution in [0.15, 0.2) is 24.3 Å². The summed E-state index contributed by atoms with van der Waals surface area (Å²) in [7, 11) is 1.38. The highest BCUT2D eigenvalue weighted by atomic mass is 16.5. The number of aryl methyl sites for hydroxylation is 1. The molecule has 0 radical (unpaired) electrons. The molecule has 0 aliphatic rings. The molecule has 0 saturated heterocycles. The van der Waals surface area contributed by atoms with Crippen LogP contribution in [0.1, 0.15) is 61.7 Å². The van der Waals surface area contributed by atoms with Crippen LogP contribution in [0.2, 0.25) is 0 Å². The van der Waals surface area contributed by atoms with Gasteiger partial charge in [0.2, 0.25) is 0 Å². The average Bonchev–Trinajstić information content (AvgIpc) is 2.61. The fourth-order valence-corrected chi connectivity index (χ4v) is 3.29. The van der Waals surface area contributed by atoms with E-state index in [4.69, 9.17) is 9.72 Å². The third kappa shape index (κ3) is 4.54. The predicted molar refractivity (Wildman–Crippen MR) is 107 cm³/mol. The maximum Gasteiger partial charge on any atom is 0.314 e. The number of ether oxygens (including phenoxy) is 1. The van der Waals surface area contributed by atoms with E-state index in [1.54, 1.807) is 6.92 Å². The fraction of sp³-hybridized carbons (Fsp3) is 0.435. The Kier molecular flexibility index (Phi) is 6.05. The lowest BCUT2D eigenvalue weighted by atomic mass is 9.84. The van der Waals surface area contributed by atoms with Crippen molar-refractivity contribution in [2.45, 2.75) is 53.9 Å². The van der Waals surface area contributed by atoms with Gasteiger partial charge in [-0.15, -0.1) is 0 Å². The van der Waals surface area contributed by atoms with Crippen molar-refractivity contribution in [1.82, 2.24) is 4.98 Å². The van der Waals surface area contributed by atoms with Crippen LogP contribution in [0.5, 0.6) is 0 Å². The second-order valence-corrected chi connectivity index (χ2v) is 8.28. The summed E-state index contributed by atoms with van der Waals surface area (Å²) in [5.74, 6) is -0.822. The van der Waals surface area contributed by atoms with E-state index in [-0.39, 0.29) is 11.4 Å². The Hall–Kier alpha value is -2.67. The number of nitrogens with zero attached hydrogens (tertiary/aromatic N) is 2. The van der Waals surface area contributed by atoms with Crippen LogP contribution >= 0.6 is 0 Å². The van der Waals surface area contributed by atoms with Gasteiger partial charge in [-0.05, 0) is 43.7 Å². The van der Waals surface area contributed by atoms with Gasteiger partial charge in [-0.3, -0.25) is 9.78 Å². The Balaban J connectivity index is 2.82. The van der Waals surface area contributed by atoms with Gasteiger partial charge in [0.25, 0.3) is 0 Å². The number of pyridine rings is 1. The molecule has 4 heteroatoms. The smallest absolute Gasteiger partial charge is 0.314 e. The van der Waals surface area contributed by atoms with Crippen LogP contribution < -0.4 is 0 Å². The van der Waals surface area contributed by atoms with Gasteiger partial charge in [0.15, 0.2) is 0 Å². The lowest BCUT2D eigenvalue weighted by Gasteiger charge is -2.23. The summed E-state index contributed by atoms with van der Waals surface area (Å²) in [4.78, 5) is 17.0. The first-order valence-corrected chi connectivity index (χ1v) is 9.17. The Labute approximate surface area is 162 Å². The molecule has 0 fully saturated rings. The van der Waals surface area contributed by atoms with Crippen LogP contribution in [-0.2, 0) is 16.0 Å². The third-order valence-electron chi connectivity index (χ3n) is 4.67. The van der Waals surface area contributed by atoms with Gasteiger partial charge < -0.3 is 4.74 Å². The van der Waals surface area contributed by atoms with Crippen molar-refractivity contribution < 1.29 is 9.53 Å². The minimum Gasteiger partial charge on any atom is -0.469 e. The number of esters is 1. The Morgan fingerprint density at radius 2 is 1.81 bits per heavy atom. The second kappa shape index (κ2) is 7.92. The van der Waals surface area contributed by atoms with Crippen molar-refractivity contribution in [3.63, 3.8) is 0 Å². The molecule has 1 unspecified atom stereocenters. The molecule has 27 heavy (non-hydrogen) atoms. The van der Waals surface area contributed by atoms with Crippen molar-refractivity contribution >= 4 is 5.97 Å². The normalized spacial score (nSPS) is 12.4. The number of hydrogen-bond acceptors (Lipinski definition) is 4. The number of carbonyl (C=O) groups is 1. The summed E-state index contributed by atoms with van der Waals surface area (Å²) >= 11 is 0. The average molecular weight is 364 g/mol. The molecule has 0 amide bonds. The number of hydrogen-bond donors (Lipinski definition) is 0. The van der Waals surface area contributed by atoms with E-state index in [1.807, 2.05) is 38.1 Å². The monoisotopic (exact) mass is 364 g/mol. The van der Waals surface area contributed by atoms with Gasteiger partial charge in [-0.2, -0.15) is 5.26 Å². The van der Waals surface area contributed by atoms with Crippen molar-refractivity contribution in [3.8, 4) is 17.2 Å². The molecule has 1 atom stereocenters. The molecule has 2 rings (SSSR count). The maximum absolute atomic E-state index is 12.2. The molecular weight excluding hydrogens is 336 g/mol. The lowest BCUT2D eigenvalue weighted by molar-refractivity contribution is -0.142. The second-order valence-electron chi connectivity index (χ2n) is 8.28. The Morgan fingerprint density at radius 3 is 2.30 bits per heavy atom. The molecule has 0 bridgehead atoms. The molecule has 2 aromatic rings. The summed E-state index contributed by atoms with van der Waals surface area (Å²) in [6.45, 7) is 12.1. The number of carbonyl (C=O) groups excluding carboxylic acids is 1. The Bertz CT molecular complexity index is 885. The molecule has 1 aromatic heterocycles. The number of aromatic nitrogens is 1. The summed E-state index contributed by atoms with van der Waals surface area (Å²) < 4.78 is 4.94. The van der Waals surface area contributed by atoms with E-state index in [1.165, 1.54) is 7.11 Å². The molecule has 0 aliphatic carbocycles. The van der Waals surface area contributed by atoms with Crippen LogP contribution in [0.25, 0.3) is 11.1 Å². The van der Waals surface area contributed by atoms with Crippen molar-refractivity contribution in [1.29, 1.82) is 5.26 Å². The Morgan fingerprint density at radius 1 is 1.22 bits per heavy atom. The van der Waals surface area contributed by atoms with Gasteiger partial charge in [0, 0.05) is 5.56 Å². The summed E-state index contributed by atoms with van der Waals surface area (Å²) in [5, 5.41) is 9.94.